The van der Waals surface area contributed by atoms with Gasteiger partial charge in [0.1, 0.15) is 22.0 Å². The highest BCUT2D eigenvalue weighted by atomic mass is 32.1. The summed E-state index contributed by atoms with van der Waals surface area (Å²) in [6.45, 7) is 3.83. The molecule has 1 unspecified atom stereocenters. The molecule has 1 aromatic heterocycles. The number of aromatic nitrogens is 1. The highest BCUT2D eigenvalue weighted by molar-refractivity contribution is 7.18. The molecule has 0 bridgehead atoms. The Morgan fingerprint density at radius 2 is 1.66 bits per heavy atom. The van der Waals surface area contributed by atoms with Crippen LogP contribution in [-0.4, -0.2) is 18.1 Å². The molecule has 35 heavy (non-hydrogen) atoms. The van der Waals surface area contributed by atoms with Gasteiger partial charge >= 0.3 is 11.0 Å². The van der Waals surface area contributed by atoms with Crippen molar-refractivity contribution in [1.29, 1.82) is 0 Å². The van der Waals surface area contributed by atoms with E-state index in [1.807, 2.05) is 80.4 Å². The molecule has 1 aliphatic rings. The quantitative estimate of drug-likeness (QED) is 0.358. The first kappa shape index (κ1) is 22.8. The summed E-state index contributed by atoms with van der Waals surface area (Å²) in [4.78, 5) is 16.4. The van der Waals surface area contributed by atoms with Crippen molar-refractivity contribution in [3.8, 4) is 16.3 Å². The normalized spacial score (nSPS) is 15.2. The van der Waals surface area contributed by atoms with Crippen LogP contribution in [0, 0.1) is 12.7 Å². The van der Waals surface area contributed by atoms with E-state index in [2.05, 4.69) is 5.32 Å². The van der Waals surface area contributed by atoms with Gasteiger partial charge in [0, 0.05) is 11.3 Å². The molecule has 0 spiro atoms. The predicted octanol–water partition coefficient (Wildman–Crippen LogP) is 5.81. The van der Waals surface area contributed by atoms with Crippen LogP contribution in [0.15, 0.2) is 90.1 Å². The number of allylic oxidation sites excluding steroid dienone is 1. The summed E-state index contributed by atoms with van der Waals surface area (Å²) < 4.78 is 15.6. The first-order valence-corrected chi connectivity index (χ1v) is 12.1. The minimum absolute atomic E-state index is 0.0612. The number of benzene rings is 3. The van der Waals surface area contributed by atoms with Crippen LogP contribution in [-0.2, 0) is 4.79 Å². The van der Waals surface area contributed by atoms with E-state index in [1.54, 1.807) is 16.7 Å². The van der Waals surface area contributed by atoms with E-state index >= 15 is 0 Å². The second-order valence-corrected chi connectivity index (χ2v) is 9.53. The molecule has 2 N–H and O–H groups in total. The van der Waals surface area contributed by atoms with E-state index in [4.69, 9.17) is 0 Å². The summed E-state index contributed by atoms with van der Waals surface area (Å²) in [5, 5.41) is 15.3. The van der Waals surface area contributed by atoms with Gasteiger partial charge in [-0.05, 0) is 54.5 Å². The first-order chi connectivity index (χ1) is 16.9. The van der Waals surface area contributed by atoms with E-state index in [1.165, 1.54) is 23.5 Å². The van der Waals surface area contributed by atoms with Crippen LogP contribution in [0.1, 0.15) is 24.1 Å². The zero-order valence-corrected chi connectivity index (χ0v) is 20.4. The Morgan fingerprint density at radius 3 is 2.34 bits per heavy atom. The number of amides is 1. The predicted molar refractivity (Wildman–Crippen MR) is 137 cm³/mol. The average molecular weight is 487 g/mol. The lowest BCUT2D eigenvalue weighted by Gasteiger charge is -2.28. The number of hydrogen-bond donors (Lipinski definition) is 2. The monoisotopic (exact) mass is 486 g/mol. The Morgan fingerprint density at radius 1 is 1.00 bits per heavy atom. The van der Waals surface area contributed by atoms with Crippen LogP contribution in [0.5, 0.6) is 5.88 Å². The third kappa shape index (κ3) is 3.98. The Hall–Kier alpha value is -3.97. The summed E-state index contributed by atoms with van der Waals surface area (Å²) in [6, 6.07) is 22.7. The van der Waals surface area contributed by atoms with E-state index in [0.29, 0.717) is 21.7 Å². The third-order valence-corrected chi connectivity index (χ3v) is 7.68. The van der Waals surface area contributed by atoms with Crippen LogP contribution < -0.4 is 14.8 Å². The standard InChI is InChI=1S/C28H24FN3O2S/c1-17-9-7-8-12-22(17)30-26(33)23-18(2)31(3)28-32(24(23)19-13-15-21(29)16-14-19)27(34)25(35-28)20-10-5-4-6-11-20/h4-16,24H,1-3H3,(H-,30,33,34)/p+1. The van der Waals surface area contributed by atoms with Gasteiger partial charge in [0.15, 0.2) is 6.04 Å². The molecule has 0 aliphatic carbocycles. The lowest BCUT2D eigenvalue weighted by atomic mass is 9.94. The number of halogens is 1. The smallest absolute Gasteiger partial charge is 0.345 e. The van der Waals surface area contributed by atoms with Crippen LogP contribution in [0.2, 0.25) is 0 Å². The number of fused-ring (bicyclic) bond motifs is 1. The topological polar surface area (TPSA) is 56.5 Å². The van der Waals surface area contributed by atoms with Gasteiger partial charge in [-0.2, -0.15) is 4.57 Å². The fourth-order valence-corrected chi connectivity index (χ4v) is 5.62. The number of carbonyl (C=O) groups excluding carboxylic acids is 1. The van der Waals surface area contributed by atoms with Gasteiger partial charge in [-0.15, -0.1) is 0 Å². The highest BCUT2D eigenvalue weighted by Crippen LogP contribution is 2.44. The second-order valence-electron chi connectivity index (χ2n) is 8.55. The number of aromatic hydroxyl groups is 1. The SMILES string of the molecule is CC1=C(C(=O)Nc2ccccc2C)C(c2ccc(F)cc2)[n+]2c(sc(-c3ccccc3)c2O)N1C. The fourth-order valence-electron chi connectivity index (χ4n) is 4.43. The molecule has 5 rings (SSSR count). The minimum atomic E-state index is -0.639. The lowest BCUT2D eigenvalue weighted by Crippen LogP contribution is -2.50. The largest absolute Gasteiger partial charge is 0.477 e. The molecule has 0 saturated carbocycles. The molecule has 7 heteroatoms. The number of aryl methyl sites for hydroxylation is 1. The zero-order chi connectivity index (χ0) is 24.7. The van der Waals surface area contributed by atoms with Crippen molar-refractivity contribution in [2.75, 3.05) is 17.3 Å². The maximum absolute atomic E-state index is 13.8. The van der Waals surface area contributed by atoms with E-state index < -0.39 is 6.04 Å². The van der Waals surface area contributed by atoms with Crippen molar-refractivity contribution in [2.24, 2.45) is 0 Å². The van der Waals surface area contributed by atoms with Gasteiger partial charge < -0.3 is 10.4 Å². The summed E-state index contributed by atoms with van der Waals surface area (Å²) in [7, 11) is 1.88. The Kier molecular flexibility index (Phi) is 5.86. The van der Waals surface area contributed by atoms with E-state index in [0.717, 1.165) is 22.0 Å². The van der Waals surface area contributed by atoms with E-state index in [-0.39, 0.29) is 17.6 Å². The molecule has 2 heterocycles. The van der Waals surface area contributed by atoms with Gasteiger partial charge in [0.25, 0.3) is 5.91 Å². The van der Waals surface area contributed by atoms with Crippen LogP contribution in [0.25, 0.3) is 10.4 Å². The van der Waals surface area contributed by atoms with Gasteiger partial charge in [-0.25, -0.2) is 9.29 Å². The van der Waals surface area contributed by atoms with Crippen molar-refractivity contribution >= 4 is 28.1 Å². The molecule has 0 fully saturated rings. The molecule has 4 aromatic rings. The maximum atomic E-state index is 13.8. The summed E-state index contributed by atoms with van der Waals surface area (Å²) in [5.41, 5.74) is 4.48. The number of carbonyl (C=O) groups is 1. The number of rotatable bonds is 4. The van der Waals surface area contributed by atoms with Crippen molar-refractivity contribution in [1.82, 2.24) is 0 Å². The van der Waals surface area contributed by atoms with E-state index in [9.17, 15) is 14.3 Å². The van der Waals surface area contributed by atoms with Crippen LogP contribution in [0.3, 0.4) is 0 Å². The van der Waals surface area contributed by atoms with Gasteiger partial charge in [0.2, 0.25) is 0 Å². The third-order valence-electron chi connectivity index (χ3n) is 6.40. The molecule has 3 aromatic carbocycles. The van der Waals surface area contributed by atoms with Gasteiger partial charge in [-0.1, -0.05) is 60.7 Å². The maximum Gasteiger partial charge on any atom is 0.345 e. The van der Waals surface area contributed by atoms with Crippen molar-refractivity contribution < 1.29 is 18.9 Å². The number of nitrogens with zero attached hydrogens (tertiary/aromatic N) is 2. The lowest BCUT2D eigenvalue weighted by molar-refractivity contribution is -0.695. The number of hydrogen-bond acceptors (Lipinski definition) is 4. The average Bonchev–Trinajstić information content (AvgIpc) is 3.21. The molecular formula is C28H25FN3O2S+. The highest BCUT2D eigenvalue weighted by Gasteiger charge is 2.45. The molecule has 1 aliphatic heterocycles. The molecule has 1 amide bonds. The minimum Gasteiger partial charge on any atom is -0.477 e. The van der Waals surface area contributed by atoms with Crippen LogP contribution >= 0.6 is 11.3 Å². The molecular weight excluding hydrogens is 461 g/mol. The summed E-state index contributed by atoms with van der Waals surface area (Å²) >= 11 is 1.45. The zero-order valence-electron chi connectivity index (χ0n) is 19.6. The molecule has 0 radical (unpaired) electrons. The van der Waals surface area contributed by atoms with Crippen molar-refractivity contribution in [2.45, 2.75) is 19.9 Å². The number of anilines is 2. The summed E-state index contributed by atoms with van der Waals surface area (Å²) in [5.74, 6) is -0.577. The number of para-hydroxylation sites is 1. The number of thiazole rings is 1. The molecule has 0 saturated heterocycles. The second kappa shape index (κ2) is 9.00. The molecule has 176 valence electrons. The first-order valence-electron chi connectivity index (χ1n) is 11.3. The molecule has 1 atom stereocenters. The summed E-state index contributed by atoms with van der Waals surface area (Å²) in [6.07, 6.45) is 0. The van der Waals surface area contributed by atoms with Gasteiger partial charge in [0.05, 0.1) is 7.05 Å². The number of nitrogens with one attached hydrogen (secondary N) is 1. The molecule has 5 nitrogen and oxygen atoms in total. The van der Waals surface area contributed by atoms with Gasteiger partial charge in [-0.3, -0.25) is 4.79 Å². The Labute approximate surface area is 207 Å². The van der Waals surface area contributed by atoms with Crippen molar-refractivity contribution in [3.05, 3.63) is 107 Å². The fraction of sp³-hybridized carbons (Fsp3) is 0.143. The van der Waals surface area contributed by atoms with Crippen molar-refractivity contribution in [3.63, 3.8) is 0 Å². The Balaban J connectivity index is 1.69. The van der Waals surface area contributed by atoms with Crippen LogP contribution in [0.4, 0.5) is 15.2 Å². The Bertz CT molecular complexity index is 1450.